The lowest BCUT2D eigenvalue weighted by Gasteiger charge is -2.03. The molecule has 0 spiro atoms. The van der Waals surface area contributed by atoms with E-state index in [0.29, 0.717) is 5.69 Å². The van der Waals surface area contributed by atoms with Crippen LogP contribution in [0.4, 0.5) is 0 Å². The van der Waals surface area contributed by atoms with Gasteiger partial charge in [0.1, 0.15) is 17.5 Å². The van der Waals surface area contributed by atoms with E-state index in [9.17, 15) is 0 Å². The van der Waals surface area contributed by atoms with Crippen molar-refractivity contribution in [1.82, 2.24) is 19.5 Å². The average Bonchev–Trinajstić information content (AvgIpc) is 3.24. The molecule has 1 aromatic carbocycles. The molecule has 4 nitrogen and oxygen atoms in total. The summed E-state index contributed by atoms with van der Waals surface area (Å²) in [5, 5.41) is 0. The largest absolute Gasteiger partial charge is 0.311 e. The molecule has 0 amide bonds. The first-order valence-corrected chi connectivity index (χ1v) is 7.34. The highest BCUT2D eigenvalue weighted by Gasteiger charge is 2.14. The Hall–Kier alpha value is -2.67. The molecule has 4 heteroatoms. The molecule has 1 saturated carbocycles. The number of fused-ring (bicyclic) bond motifs is 1. The summed E-state index contributed by atoms with van der Waals surface area (Å²) in [7, 11) is 0. The molecule has 5 radical (unpaired) electrons. The van der Waals surface area contributed by atoms with Crippen LogP contribution in [0.5, 0.6) is 0 Å². The highest BCUT2D eigenvalue weighted by Crippen LogP contribution is 2.22. The van der Waals surface area contributed by atoms with Crippen molar-refractivity contribution in [1.29, 1.82) is 0 Å². The Bertz CT molecular complexity index is 865. The Morgan fingerprint density at radius 3 is 2.57 bits per heavy atom. The number of aromatic nitrogens is 4. The van der Waals surface area contributed by atoms with Gasteiger partial charge in [0, 0.05) is 0 Å². The summed E-state index contributed by atoms with van der Waals surface area (Å²) in [5.74, 6) is 7.17. The van der Waals surface area contributed by atoms with Crippen molar-refractivity contribution in [3.05, 3.63) is 85.8 Å². The molecule has 109 valence electrons. The van der Waals surface area contributed by atoms with E-state index in [4.69, 9.17) is 0 Å². The summed E-state index contributed by atoms with van der Waals surface area (Å²) in [5.41, 5.74) is 3.40. The Balaban J connectivity index is 1.66. The maximum absolute atomic E-state index is 4.45. The summed E-state index contributed by atoms with van der Waals surface area (Å²) >= 11 is 0. The van der Waals surface area contributed by atoms with E-state index in [1.54, 1.807) is 12.7 Å². The molecule has 1 aliphatic rings. The summed E-state index contributed by atoms with van der Waals surface area (Å²) in [4.78, 5) is 13.1. The number of nitrogens with zero attached hydrogens (tertiary/aromatic N) is 4. The van der Waals surface area contributed by atoms with E-state index in [2.05, 4.69) is 38.9 Å². The minimum Gasteiger partial charge on any atom is -0.311 e. The Kier molecular flexibility index (Phi) is 3.77. The second-order valence-electron chi connectivity index (χ2n) is 5.18. The molecule has 3 aromatic rings. The molecule has 23 heavy (non-hydrogen) atoms. The average molecular weight is 297 g/mol. The van der Waals surface area contributed by atoms with Crippen LogP contribution < -0.4 is 0 Å². The fourth-order valence-corrected chi connectivity index (χ4v) is 2.46. The number of rotatable bonds is 2. The third-order valence-electron chi connectivity index (χ3n) is 3.58. The quantitative estimate of drug-likeness (QED) is 0.683. The van der Waals surface area contributed by atoms with Crippen LogP contribution in [0.25, 0.3) is 11.2 Å². The molecule has 1 aliphatic carbocycles. The highest BCUT2D eigenvalue weighted by molar-refractivity contribution is 5.76. The van der Waals surface area contributed by atoms with Gasteiger partial charge < -0.3 is 4.57 Å². The highest BCUT2D eigenvalue weighted by atomic mass is 15.1. The van der Waals surface area contributed by atoms with Crippen LogP contribution in [0.1, 0.15) is 11.3 Å². The first-order chi connectivity index (χ1) is 11.4. The van der Waals surface area contributed by atoms with Crippen molar-refractivity contribution in [2.24, 2.45) is 0 Å². The van der Waals surface area contributed by atoms with Crippen molar-refractivity contribution in [3.8, 4) is 11.8 Å². The maximum Gasteiger partial charge on any atom is 0.164 e. The zero-order valence-electron chi connectivity index (χ0n) is 12.3. The second kappa shape index (κ2) is 6.21. The van der Waals surface area contributed by atoms with Crippen molar-refractivity contribution < 1.29 is 0 Å². The SMILES string of the molecule is C(#Cc1ncnc2c1ncn2Cc1ccccc1)[C]1[CH][CH][CH][CH]1. The minimum atomic E-state index is 0.656. The van der Waals surface area contributed by atoms with E-state index < -0.39 is 0 Å². The summed E-state index contributed by atoms with van der Waals surface area (Å²) < 4.78 is 2.01. The molecule has 0 N–H and O–H groups in total. The fraction of sp³-hybridized carbons (Fsp3) is 0.0526. The lowest BCUT2D eigenvalue weighted by atomic mass is 10.1. The standard InChI is InChI=1S/C19H13N4/c1-2-8-16(9-3-1)12-23-14-22-18-17(20-13-21-19(18)23)11-10-15-6-4-5-7-15/h1-9,13-14H,12H2. The van der Waals surface area contributed by atoms with Crippen LogP contribution in [0, 0.1) is 43.4 Å². The van der Waals surface area contributed by atoms with Crippen molar-refractivity contribution in [3.63, 3.8) is 0 Å². The minimum absolute atomic E-state index is 0.656. The van der Waals surface area contributed by atoms with E-state index in [1.807, 2.05) is 48.4 Å². The molecule has 1 fully saturated rings. The number of hydrogen-bond donors (Lipinski definition) is 0. The topological polar surface area (TPSA) is 43.6 Å². The molecule has 2 aromatic heterocycles. The van der Waals surface area contributed by atoms with Crippen LogP contribution in [0.2, 0.25) is 0 Å². The zero-order chi connectivity index (χ0) is 15.5. The van der Waals surface area contributed by atoms with Gasteiger partial charge in [0.25, 0.3) is 0 Å². The van der Waals surface area contributed by atoms with Crippen LogP contribution in [0.3, 0.4) is 0 Å². The van der Waals surface area contributed by atoms with E-state index >= 15 is 0 Å². The molecular formula is C19H13N4. The van der Waals surface area contributed by atoms with Crippen molar-refractivity contribution >= 4 is 11.2 Å². The van der Waals surface area contributed by atoms with Crippen LogP contribution in [-0.4, -0.2) is 19.5 Å². The molecule has 4 rings (SSSR count). The summed E-state index contributed by atoms with van der Waals surface area (Å²) in [6.45, 7) is 0.726. The normalized spacial score (nSPS) is 14.8. The number of imidazole rings is 1. The molecule has 0 aliphatic heterocycles. The van der Waals surface area contributed by atoms with Gasteiger partial charge in [0.2, 0.25) is 0 Å². The Morgan fingerprint density at radius 1 is 0.913 bits per heavy atom. The molecular weight excluding hydrogens is 284 g/mol. The molecule has 0 saturated heterocycles. The first-order valence-electron chi connectivity index (χ1n) is 7.34. The molecule has 0 atom stereocenters. The predicted octanol–water partition coefficient (Wildman–Crippen LogP) is 2.63. The van der Waals surface area contributed by atoms with Gasteiger partial charge in [-0.1, -0.05) is 36.3 Å². The monoisotopic (exact) mass is 297 g/mol. The van der Waals surface area contributed by atoms with Crippen molar-refractivity contribution in [2.75, 3.05) is 0 Å². The van der Waals surface area contributed by atoms with Gasteiger partial charge in [-0.25, -0.2) is 15.0 Å². The third kappa shape index (κ3) is 2.95. The van der Waals surface area contributed by atoms with Gasteiger partial charge in [0.15, 0.2) is 5.65 Å². The third-order valence-corrected chi connectivity index (χ3v) is 3.58. The van der Waals surface area contributed by atoms with Gasteiger partial charge in [0.05, 0.1) is 18.8 Å². The number of hydrogen-bond acceptors (Lipinski definition) is 3. The molecule has 0 bridgehead atoms. The second-order valence-corrected chi connectivity index (χ2v) is 5.18. The Labute approximate surface area is 135 Å². The van der Waals surface area contributed by atoms with E-state index in [0.717, 1.165) is 23.6 Å². The van der Waals surface area contributed by atoms with Crippen LogP contribution >= 0.6 is 0 Å². The van der Waals surface area contributed by atoms with Gasteiger partial charge >= 0.3 is 0 Å². The van der Waals surface area contributed by atoms with Gasteiger partial charge in [-0.05, 0) is 37.2 Å². The first kappa shape index (κ1) is 14.0. The van der Waals surface area contributed by atoms with E-state index in [1.165, 1.54) is 5.56 Å². The summed E-state index contributed by atoms with van der Waals surface area (Å²) in [6, 6.07) is 10.2. The lowest BCUT2D eigenvalue weighted by Crippen LogP contribution is -1.99. The summed E-state index contributed by atoms with van der Waals surface area (Å²) in [6.07, 6.45) is 11.2. The lowest BCUT2D eigenvalue weighted by molar-refractivity contribution is 0.813. The van der Waals surface area contributed by atoms with E-state index in [-0.39, 0.29) is 0 Å². The predicted molar refractivity (Wildman–Crippen MR) is 88.2 cm³/mol. The van der Waals surface area contributed by atoms with Crippen LogP contribution in [0.15, 0.2) is 43.0 Å². The van der Waals surface area contributed by atoms with Crippen LogP contribution in [-0.2, 0) is 6.54 Å². The number of benzene rings is 1. The smallest absolute Gasteiger partial charge is 0.164 e. The van der Waals surface area contributed by atoms with Gasteiger partial charge in [-0.3, -0.25) is 0 Å². The molecule has 2 heterocycles. The zero-order valence-corrected chi connectivity index (χ0v) is 12.3. The maximum atomic E-state index is 4.45. The fourth-order valence-electron chi connectivity index (χ4n) is 2.46. The van der Waals surface area contributed by atoms with Gasteiger partial charge in [-0.2, -0.15) is 0 Å². The van der Waals surface area contributed by atoms with Gasteiger partial charge in [-0.15, -0.1) is 0 Å². The Morgan fingerprint density at radius 2 is 1.74 bits per heavy atom. The van der Waals surface area contributed by atoms with Crippen molar-refractivity contribution in [2.45, 2.75) is 6.54 Å². The molecule has 0 unspecified atom stereocenters.